The predicted octanol–water partition coefficient (Wildman–Crippen LogP) is 5.72. The van der Waals surface area contributed by atoms with Crippen LogP contribution in [0.1, 0.15) is 31.0 Å². The van der Waals surface area contributed by atoms with Crippen molar-refractivity contribution in [1.82, 2.24) is 0 Å². The molecule has 1 aliphatic heterocycles. The Morgan fingerprint density at radius 2 is 1.78 bits per heavy atom. The molecular weight excluding hydrogens is 482 g/mol. The van der Waals surface area contributed by atoms with Crippen LogP contribution < -0.4 is 14.4 Å². The van der Waals surface area contributed by atoms with E-state index in [9.17, 15) is 19.8 Å². The summed E-state index contributed by atoms with van der Waals surface area (Å²) in [6.07, 6.45) is 0. The van der Waals surface area contributed by atoms with Crippen molar-refractivity contribution in [2.75, 3.05) is 18.6 Å². The van der Waals surface area contributed by atoms with Gasteiger partial charge in [0.25, 0.3) is 11.7 Å². The van der Waals surface area contributed by atoms with Gasteiger partial charge in [-0.1, -0.05) is 43.6 Å². The van der Waals surface area contributed by atoms with Crippen molar-refractivity contribution in [2.45, 2.75) is 19.9 Å². The second-order valence-corrected chi connectivity index (χ2v) is 9.25. The zero-order chi connectivity index (χ0) is 26.0. The summed E-state index contributed by atoms with van der Waals surface area (Å²) in [6, 6.07) is 16.7. The Balaban J connectivity index is 1.88. The van der Waals surface area contributed by atoms with Crippen LogP contribution in [0, 0.1) is 5.92 Å². The van der Waals surface area contributed by atoms with Crippen molar-refractivity contribution in [2.24, 2.45) is 5.92 Å². The molecule has 0 saturated carbocycles. The number of Topliss-reactive ketones (excluding diaryl/α,β-unsaturated/α-hetero) is 1. The maximum atomic E-state index is 13.3. The van der Waals surface area contributed by atoms with Gasteiger partial charge >= 0.3 is 0 Å². The van der Waals surface area contributed by atoms with Gasteiger partial charge in [0.1, 0.15) is 11.5 Å². The van der Waals surface area contributed by atoms with E-state index in [2.05, 4.69) is 0 Å². The van der Waals surface area contributed by atoms with E-state index < -0.39 is 17.7 Å². The van der Waals surface area contributed by atoms with Gasteiger partial charge in [0.2, 0.25) is 0 Å². The number of anilines is 1. The highest BCUT2D eigenvalue weighted by molar-refractivity contribution is 6.51. The number of nitrogens with zero attached hydrogens (tertiary/aromatic N) is 1. The normalized spacial score (nSPS) is 17.0. The van der Waals surface area contributed by atoms with E-state index in [1.807, 2.05) is 13.8 Å². The molecule has 2 N–H and O–H groups in total. The van der Waals surface area contributed by atoms with Crippen LogP contribution in [0.25, 0.3) is 5.76 Å². The molecule has 1 aliphatic rings. The van der Waals surface area contributed by atoms with Gasteiger partial charge in [-0.25, -0.2) is 0 Å². The average Bonchev–Trinajstić information content (AvgIpc) is 3.13. The van der Waals surface area contributed by atoms with Crippen LogP contribution in [0.3, 0.4) is 0 Å². The molecule has 0 spiro atoms. The number of hydrogen-bond acceptors (Lipinski definition) is 6. The number of phenols is 1. The minimum atomic E-state index is -1.01. The molecule has 0 aliphatic carbocycles. The summed E-state index contributed by atoms with van der Waals surface area (Å²) in [5, 5.41) is 22.2. The Bertz CT molecular complexity index is 1330. The molecule has 186 valence electrons. The summed E-state index contributed by atoms with van der Waals surface area (Å²) < 4.78 is 10.9. The van der Waals surface area contributed by atoms with Crippen molar-refractivity contribution in [1.29, 1.82) is 0 Å². The Labute approximate surface area is 214 Å². The monoisotopic (exact) mass is 507 g/mol. The Morgan fingerprint density at radius 1 is 1.06 bits per heavy atom. The first kappa shape index (κ1) is 25.1. The number of ketones is 1. The number of benzene rings is 3. The highest BCUT2D eigenvalue weighted by Crippen LogP contribution is 2.44. The molecule has 0 aromatic heterocycles. The summed E-state index contributed by atoms with van der Waals surface area (Å²) in [5.41, 5.74) is 1.04. The zero-order valence-electron chi connectivity index (χ0n) is 20.1. The van der Waals surface area contributed by atoms with Gasteiger partial charge in [0.15, 0.2) is 11.5 Å². The Kier molecular flexibility index (Phi) is 7.22. The molecular formula is C28H26ClNO6. The van der Waals surface area contributed by atoms with Crippen LogP contribution in [0.4, 0.5) is 5.69 Å². The molecule has 1 amide bonds. The lowest BCUT2D eigenvalue weighted by Gasteiger charge is -2.26. The molecule has 8 heteroatoms. The number of carbonyl (C=O) groups excluding carboxylic acids is 2. The van der Waals surface area contributed by atoms with E-state index in [1.54, 1.807) is 54.6 Å². The van der Waals surface area contributed by atoms with Crippen molar-refractivity contribution >= 4 is 34.7 Å². The lowest BCUT2D eigenvalue weighted by molar-refractivity contribution is -0.132. The highest BCUT2D eigenvalue weighted by Gasteiger charge is 2.47. The van der Waals surface area contributed by atoms with Crippen molar-refractivity contribution in [3.8, 4) is 17.2 Å². The lowest BCUT2D eigenvalue weighted by atomic mass is 9.94. The number of phenolic OH excluding ortho intramolecular Hbond substituents is 1. The smallest absolute Gasteiger partial charge is 0.300 e. The fourth-order valence-corrected chi connectivity index (χ4v) is 4.17. The molecule has 1 fully saturated rings. The second-order valence-electron chi connectivity index (χ2n) is 8.81. The number of amides is 1. The molecule has 4 rings (SSSR count). The quantitative estimate of drug-likeness (QED) is 0.241. The molecule has 1 saturated heterocycles. The molecule has 36 heavy (non-hydrogen) atoms. The molecule has 1 atom stereocenters. The van der Waals surface area contributed by atoms with Gasteiger partial charge in [-0.05, 0) is 60.0 Å². The largest absolute Gasteiger partial charge is 0.507 e. The van der Waals surface area contributed by atoms with E-state index in [-0.39, 0.29) is 22.8 Å². The maximum absolute atomic E-state index is 13.3. The first-order valence-corrected chi connectivity index (χ1v) is 11.8. The van der Waals surface area contributed by atoms with E-state index in [0.29, 0.717) is 40.1 Å². The zero-order valence-corrected chi connectivity index (χ0v) is 20.8. The molecule has 7 nitrogen and oxygen atoms in total. The van der Waals surface area contributed by atoms with E-state index in [1.165, 1.54) is 24.1 Å². The van der Waals surface area contributed by atoms with Gasteiger partial charge in [-0.2, -0.15) is 0 Å². The molecule has 0 radical (unpaired) electrons. The summed E-state index contributed by atoms with van der Waals surface area (Å²) in [4.78, 5) is 27.9. The van der Waals surface area contributed by atoms with Crippen LogP contribution in [0.2, 0.25) is 5.02 Å². The number of aliphatic hydroxyl groups is 1. The fourth-order valence-electron chi connectivity index (χ4n) is 4.04. The summed E-state index contributed by atoms with van der Waals surface area (Å²) >= 11 is 6.03. The van der Waals surface area contributed by atoms with Gasteiger partial charge < -0.3 is 19.7 Å². The third-order valence-corrected chi connectivity index (χ3v) is 6.01. The Hall–Kier alpha value is -3.97. The third-order valence-electron chi connectivity index (χ3n) is 5.76. The van der Waals surface area contributed by atoms with E-state index in [0.717, 1.165) is 0 Å². The predicted molar refractivity (Wildman–Crippen MR) is 138 cm³/mol. The molecule has 0 bridgehead atoms. The number of hydrogen-bond donors (Lipinski definition) is 2. The SMILES string of the molecule is COc1ccc(C2/C(=C(/O)c3cccc(OCC(C)C)c3)C(=O)C(=O)N2c2ccc(Cl)cc2)cc1O. The van der Waals surface area contributed by atoms with Crippen molar-refractivity contribution in [3.05, 3.63) is 88.5 Å². The topological polar surface area (TPSA) is 96.3 Å². The number of methoxy groups -OCH3 is 1. The second kappa shape index (κ2) is 10.3. The first-order valence-electron chi connectivity index (χ1n) is 11.4. The lowest BCUT2D eigenvalue weighted by Crippen LogP contribution is -2.29. The van der Waals surface area contributed by atoms with Crippen molar-refractivity contribution in [3.63, 3.8) is 0 Å². The van der Waals surface area contributed by atoms with Gasteiger partial charge in [-0.3, -0.25) is 14.5 Å². The number of rotatable bonds is 7. The molecule has 3 aromatic carbocycles. The summed E-state index contributed by atoms with van der Waals surface area (Å²) in [7, 11) is 1.42. The number of halogens is 1. The third kappa shape index (κ3) is 4.88. The number of aliphatic hydroxyl groups excluding tert-OH is 1. The van der Waals surface area contributed by atoms with E-state index in [4.69, 9.17) is 21.1 Å². The minimum Gasteiger partial charge on any atom is -0.507 e. The highest BCUT2D eigenvalue weighted by atomic mass is 35.5. The fraction of sp³-hybridized carbons (Fsp3) is 0.214. The van der Waals surface area contributed by atoms with Crippen molar-refractivity contribution < 1.29 is 29.3 Å². The standard InChI is InChI=1S/C28H26ClNO6/c1-16(2)15-36-21-6-4-5-18(13-21)26(32)24-25(17-7-12-23(35-3)22(31)14-17)30(28(34)27(24)33)20-10-8-19(29)9-11-20/h4-14,16,25,31-32H,15H2,1-3H3/b26-24-. The van der Waals surface area contributed by atoms with Crippen LogP contribution >= 0.6 is 11.6 Å². The molecule has 3 aromatic rings. The van der Waals surface area contributed by atoms with Gasteiger partial charge in [0.05, 0.1) is 25.3 Å². The van der Waals surface area contributed by atoms with Crippen LogP contribution in [-0.2, 0) is 9.59 Å². The van der Waals surface area contributed by atoms with Crippen LogP contribution in [-0.4, -0.2) is 35.6 Å². The summed E-state index contributed by atoms with van der Waals surface area (Å²) in [5.74, 6) is -1.12. The number of carbonyl (C=O) groups is 2. The number of ether oxygens (including phenoxy) is 2. The van der Waals surface area contributed by atoms with Gasteiger partial charge in [-0.15, -0.1) is 0 Å². The maximum Gasteiger partial charge on any atom is 0.300 e. The minimum absolute atomic E-state index is 0.111. The molecule has 1 unspecified atom stereocenters. The number of aromatic hydroxyl groups is 1. The molecule has 1 heterocycles. The average molecular weight is 508 g/mol. The summed E-state index contributed by atoms with van der Waals surface area (Å²) in [6.45, 7) is 4.52. The Morgan fingerprint density at radius 3 is 2.42 bits per heavy atom. The van der Waals surface area contributed by atoms with Gasteiger partial charge in [0, 0.05) is 16.3 Å². The first-order chi connectivity index (χ1) is 17.2. The van der Waals surface area contributed by atoms with Crippen LogP contribution in [0.5, 0.6) is 17.2 Å². The van der Waals surface area contributed by atoms with Crippen LogP contribution in [0.15, 0.2) is 72.3 Å². The van der Waals surface area contributed by atoms with E-state index >= 15 is 0 Å².